The number of fused-ring (bicyclic) bond motifs is 1. The van der Waals surface area contributed by atoms with Gasteiger partial charge in [-0.25, -0.2) is 9.59 Å². The Hall–Kier alpha value is -4.43. The highest BCUT2D eigenvalue weighted by atomic mass is 16.6. The summed E-state index contributed by atoms with van der Waals surface area (Å²) in [6.45, 7) is 6.62. The van der Waals surface area contributed by atoms with E-state index in [4.69, 9.17) is 9.47 Å². The van der Waals surface area contributed by atoms with Gasteiger partial charge in [-0.3, -0.25) is 4.79 Å². The second kappa shape index (κ2) is 10.9. The minimum atomic E-state index is -2.76. The third kappa shape index (κ3) is 4.54. The van der Waals surface area contributed by atoms with E-state index in [1.54, 1.807) is 61.7 Å². The number of carbonyl (C=O) groups excluding carboxylic acids is 3. The van der Waals surface area contributed by atoms with Gasteiger partial charge in [0.15, 0.2) is 0 Å². The minimum Gasteiger partial charge on any atom is -0.463 e. The van der Waals surface area contributed by atoms with Crippen LogP contribution in [-0.2, 0) is 24.7 Å². The number of esters is 2. The topological polar surface area (TPSA) is 107 Å². The van der Waals surface area contributed by atoms with Crippen LogP contribution in [-0.4, -0.2) is 40.7 Å². The molecule has 4 aromatic rings. The van der Waals surface area contributed by atoms with Crippen molar-refractivity contribution in [3.05, 3.63) is 95.2 Å². The third-order valence-electron chi connectivity index (χ3n) is 6.38. The fourth-order valence-corrected chi connectivity index (χ4v) is 4.61. The van der Waals surface area contributed by atoms with Crippen molar-refractivity contribution in [1.82, 2.24) is 4.57 Å². The number of hydrogen-bond donors (Lipinski definition) is 2. The largest absolute Gasteiger partial charge is 0.463 e. The Balaban J connectivity index is 2.04. The predicted octanol–water partition coefficient (Wildman–Crippen LogP) is 4.81. The standard InChI is InChI=1S/C30H30N2O6/c1-5-37-28(34)30(36,29(35)38-6-2)26-20(4)22-16-10-11-17-23(22)32(26)24-18-12-13-19(3)25(24)31-27(33)21-14-8-7-9-15-21/h7-18,36H,5-6H2,1-4H3,(H,31,33). The van der Waals surface area contributed by atoms with Gasteiger partial charge in [0.05, 0.1) is 35.8 Å². The fourth-order valence-electron chi connectivity index (χ4n) is 4.61. The van der Waals surface area contributed by atoms with Crippen LogP contribution in [0.3, 0.4) is 0 Å². The van der Waals surface area contributed by atoms with Crippen molar-refractivity contribution >= 4 is 34.4 Å². The third-order valence-corrected chi connectivity index (χ3v) is 6.38. The molecule has 0 bridgehead atoms. The van der Waals surface area contributed by atoms with Crippen molar-refractivity contribution in [3.8, 4) is 5.69 Å². The van der Waals surface area contributed by atoms with Gasteiger partial charge in [0, 0.05) is 10.9 Å². The molecule has 4 rings (SSSR count). The van der Waals surface area contributed by atoms with Crippen LogP contribution in [0.25, 0.3) is 16.6 Å². The lowest BCUT2D eigenvalue weighted by Gasteiger charge is -2.27. The van der Waals surface area contributed by atoms with E-state index in [2.05, 4.69) is 5.32 Å². The number of nitrogens with zero attached hydrogens (tertiary/aromatic N) is 1. The van der Waals surface area contributed by atoms with Crippen LogP contribution in [0.2, 0.25) is 0 Å². The van der Waals surface area contributed by atoms with E-state index in [1.807, 2.05) is 43.3 Å². The van der Waals surface area contributed by atoms with Crippen LogP contribution in [0.1, 0.15) is 41.0 Å². The number of aliphatic hydroxyl groups is 1. The van der Waals surface area contributed by atoms with E-state index >= 15 is 0 Å². The molecule has 0 aliphatic carbocycles. The zero-order valence-corrected chi connectivity index (χ0v) is 21.8. The lowest BCUT2D eigenvalue weighted by atomic mass is 9.95. The molecule has 1 aromatic heterocycles. The van der Waals surface area contributed by atoms with E-state index in [1.165, 1.54) is 0 Å². The molecule has 0 spiro atoms. The zero-order chi connectivity index (χ0) is 27.4. The van der Waals surface area contributed by atoms with Crippen molar-refractivity contribution in [2.75, 3.05) is 18.5 Å². The number of hydrogen-bond acceptors (Lipinski definition) is 6. The summed E-state index contributed by atoms with van der Waals surface area (Å²) in [5.74, 6) is -2.62. The number of aromatic nitrogens is 1. The number of ether oxygens (including phenoxy) is 2. The predicted molar refractivity (Wildman–Crippen MR) is 144 cm³/mol. The molecule has 196 valence electrons. The first-order chi connectivity index (χ1) is 18.2. The normalized spacial score (nSPS) is 11.3. The van der Waals surface area contributed by atoms with E-state index in [0.29, 0.717) is 33.4 Å². The SMILES string of the molecule is CCOC(=O)C(O)(C(=O)OCC)c1c(C)c2ccccc2n1-c1cccc(C)c1NC(=O)c1ccccc1. The minimum absolute atomic E-state index is 0.0172. The first-order valence-corrected chi connectivity index (χ1v) is 12.4. The summed E-state index contributed by atoms with van der Waals surface area (Å²) in [6, 6.07) is 21.4. The van der Waals surface area contributed by atoms with E-state index in [-0.39, 0.29) is 24.8 Å². The number of para-hydroxylation sites is 2. The van der Waals surface area contributed by atoms with Gasteiger partial charge in [-0.05, 0) is 63.1 Å². The Labute approximate surface area is 220 Å². The highest BCUT2D eigenvalue weighted by Gasteiger charge is 2.53. The van der Waals surface area contributed by atoms with Gasteiger partial charge in [-0.1, -0.05) is 48.5 Å². The number of amides is 1. The number of carbonyl (C=O) groups is 3. The average molecular weight is 515 g/mol. The molecule has 0 aliphatic rings. The Bertz CT molecular complexity index is 1490. The maximum atomic E-state index is 13.3. The van der Waals surface area contributed by atoms with Crippen molar-refractivity contribution in [3.63, 3.8) is 0 Å². The second-order valence-electron chi connectivity index (χ2n) is 8.77. The van der Waals surface area contributed by atoms with Gasteiger partial charge in [-0.2, -0.15) is 0 Å². The number of rotatable bonds is 8. The Morgan fingerprint density at radius 1 is 0.842 bits per heavy atom. The summed E-state index contributed by atoms with van der Waals surface area (Å²) in [5, 5.41) is 15.6. The van der Waals surface area contributed by atoms with Crippen LogP contribution in [0.5, 0.6) is 0 Å². The van der Waals surface area contributed by atoms with Crippen LogP contribution >= 0.6 is 0 Å². The Morgan fingerprint density at radius 3 is 2.08 bits per heavy atom. The molecular formula is C30H30N2O6. The summed E-state index contributed by atoms with van der Waals surface area (Å²) in [7, 11) is 0. The molecule has 0 saturated carbocycles. The summed E-state index contributed by atoms with van der Waals surface area (Å²) in [5.41, 5.74) is 0.447. The van der Waals surface area contributed by atoms with Gasteiger partial charge in [0.1, 0.15) is 0 Å². The summed E-state index contributed by atoms with van der Waals surface area (Å²) in [6.07, 6.45) is 0. The van der Waals surface area contributed by atoms with Gasteiger partial charge < -0.3 is 24.5 Å². The zero-order valence-electron chi connectivity index (χ0n) is 21.8. The van der Waals surface area contributed by atoms with Crippen LogP contribution in [0.15, 0.2) is 72.8 Å². The van der Waals surface area contributed by atoms with Gasteiger partial charge in [0.2, 0.25) is 0 Å². The summed E-state index contributed by atoms with van der Waals surface area (Å²) in [4.78, 5) is 39.7. The van der Waals surface area contributed by atoms with Crippen molar-refractivity contribution in [1.29, 1.82) is 0 Å². The molecule has 2 N–H and O–H groups in total. The number of anilines is 1. The second-order valence-corrected chi connectivity index (χ2v) is 8.77. The molecule has 8 heteroatoms. The summed E-state index contributed by atoms with van der Waals surface area (Å²) >= 11 is 0. The Kier molecular flexibility index (Phi) is 7.64. The number of benzene rings is 3. The lowest BCUT2D eigenvalue weighted by molar-refractivity contribution is -0.185. The van der Waals surface area contributed by atoms with Gasteiger partial charge in [-0.15, -0.1) is 0 Å². The molecule has 1 amide bonds. The molecular weight excluding hydrogens is 484 g/mol. The molecule has 8 nitrogen and oxygen atoms in total. The highest BCUT2D eigenvalue weighted by Crippen LogP contribution is 2.40. The van der Waals surface area contributed by atoms with Crippen molar-refractivity contribution in [2.45, 2.75) is 33.3 Å². The first-order valence-electron chi connectivity index (χ1n) is 12.4. The van der Waals surface area contributed by atoms with Crippen LogP contribution < -0.4 is 5.32 Å². The lowest BCUT2D eigenvalue weighted by Crippen LogP contribution is -2.48. The van der Waals surface area contributed by atoms with Crippen LogP contribution in [0.4, 0.5) is 5.69 Å². The molecule has 38 heavy (non-hydrogen) atoms. The maximum Gasteiger partial charge on any atom is 0.356 e. The molecule has 0 fully saturated rings. The summed E-state index contributed by atoms with van der Waals surface area (Å²) < 4.78 is 12.0. The molecule has 1 heterocycles. The number of nitrogens with one attached hydrogen (secondary N) is 1. The van der Waals surface area contributed by atoms with Crippen LogP contribution in [0, 0.1) is 13.8 Å². The maximum absolute atomic E-state index is 13.3. The van der Waals surface area contributed by atoms with E-state index < -0.39 is 17.5 Å². The van der Waals surface area contributed by atoms with Crippen molar-refractivity contribution in [2.24, 2.45) is 0 Å². The van der Waals surface area contributed by atoms with E-state index in [9.17, 15) is 19.5 Å². The molecule has 3 aromatic carbocycles. The smallest absolute Gasteiger partial charge is 0.356 e. The van der Waals surface area contributed by atoms with Gasteiger partial charge >= 0.3 is 17.5 Å². The molecule has 0 saturated heterocycles. The van der Waals surface area contributed by atoms with Gasteiger partial charge in [0.25, 0.3) is 5.91 Å². The Morgan fingerprint density at radius 2 is 1.45 bits per heavy atom. The van der Waals surface area contributed by atoms with E-state index in [0.717, 1.165) is 5.56 Å². The first kappa shape index (κ1) is 26.6. The van der Waals surface area contributed by atoms with Crippen molar-refractivity contribution < 1.29 is 29.0 Å². The average Bonchev–Trinajstić information content (AvgIpc) is 3.22. The highest BCUT2D eigenvalue weighted by molar-refractivity contribution is 6.08. The monoisotopic (exact) mass is 514 g/mol. The quantitative estimate of drug-likeness (QED) is 0.258. The molecule has 0 atom stereocenters. The fraction of sp³-hybridized carbons (Fsp3) is 0.233. The molecule has 0 radical (unpaired) electrons. The number of aryl methyl sites for hydroxylation is 2. The molecule has 0 unspecified atom stereocenters. The molecule has 0 aliphatic heterocycles.